The molecular formula is C22H24BN5O8S. The number of amides is 4. The maximum Gasteiger partial charge on any atom is 0.526 e. The molecule has 0 radical (unpaired) electrons. The summed E-state index contributed by atoms with van der Waals surface area (Å²) in [5.41, 5.74) is 6.27. The highest BCUT2D eigenvalue weighted by Crippen LogP contribution is 2.37. The number of thiazole rings is 1. The summed E-state index contributed by atoms with van der Waals surface area (Å²) in [7, 11) is -1.48. The third-order valence-corrected chi connectivity index (χ3v) is 6.97. The maximum absolute atomic E-state index is 13.4. The number of hydrogen-bond acceptors (Lipinski definition) is 10. The van der Waals surface area contributed by atoms with E-state index < -0.39 is 48.6 Å². The first-order valence-electron chi connectivity index (χ1n) is 11.5. The van der Waals surface area contributed by atoms with E-state index in [0.29, 0.717) is 12.1 Å². The van der Waals surface area contributed by atoms with Crippen LogP contribution in [-0.4, -0.2) is 81.3 Å². The number of urea groups is 1. The second kappa shape index (κ2) is 10.6. The molecule has 1 saturated heterocycles. The Labute approximate surface area is 215 Å². The minimum absolute atomic E-state index is 0.0394. The van der Waals surface area contributed by atoms with E-state index in [1.807, 2.05) is 0 Å². The first-order chi connectivity index (χ1) is 17.6. The maximum atomic E-state index is 13.4. The number of nitrogens with zero attached hydrogens (tertiary/aromatic N) is 3. The smallest absolute Gasteiger partial charge is 0.526 e. The number of carbonyl (C=O) groups excluding carboxylic acids is 4. The molecule has 4 rings (SSSR count). The number of nitrogen functional groups attached to an aromatic ring is 1. The molecule has 3 heterocycles. The number of para-hydroxylation sites is 1. The largest absolute Gasteiger partial charge is 0.535 e. The van der Waals surface area contributed by atoms with Gasteiger partial charge in [0, 0.05) is 37.3 Å². The Balaban J connectivity index is 1.52. The Hall–Kier alpha value is -3.98. The number of aromatic nitrogens is 1. The lowest BCUT2D eigenvalue weighted by Gasteiger charge is -2.33. The van der Waals surface area contributed by atoms with E-state index in [4.69, 9.17) is 10.4 Å². The van der Waals surface area contributed by atoms with E-state index in [0.717, 1.165) is 16.2 Å². The Morgan fingerprint density at radius 2 is 2.05 bits per heavy atom. The zero-order chi connectivity index (χ0) is 26.9. The number of Topliss-reactive ketones (excluding diaryl/α,β-unsaturated/α-hetero) is 1. The number of carbonyl (C=O) groups is 5. The highest BCUT2D eigenvalue weighted by Gasteiger charge is 2.41. The fraction of sp³-hybridized carbons (Fsp3) is 0.364. The fourth-order valence-electron chi connectivity index (χ4n) is 4.33. The molecule has 4 amide bonds. The molecule has 15 heteroatoms. The van der Waals surface area contributed by atoms with Crippen molar-refractivity contribution in [3.05, 3.63) is 40.4 Å². The van der Waals surface area contributed by atoms with Crippen molar-refractivity contribution in [1.82, 2.24) is 20.1 Å². The lowest BCUT2D eigenvalue weighted by Crippen LogP contribution is -2.58. The Kier molecular flexibility index (Phi) is 7.45. The number of ketones is 1. The minimum atomic E-state index is -1.48. The van der Waals surface area contributed by atoms with Crippen LogP contribution in [0.1, 0.15) is 41.0 Å². The summed E-state index contributed by atoms with van der Waals surface area (Å²) in [6, 6.07) is 2.29. The number of piperazine rings is 1. The van der Waals surface area contributed by atoms with Gasteiger partial charge in [-0.25, -0.2) is 14.6 Å². The first-order valence-corrected chi connectivity index (χ1v) is 12.3. The van der Waals surface area contributed by atoms with Crippen LogP contribution in [-0.2, 0) is 20.8 Å². The molecule has 1 aromatic carbocycles. The van der Waals surface area contributed by atoms with Crippen LogP contribution in [0.25, 0.3) is 0 Å². The standard InChI is InChI=1S/C22H24BN5O8S/c1-2-27-6-7-28(19(31)18(27)30)22(34)26-16(14-10-37-21(24)25-14)15(29)9-12-8-11-4-3-5-13(20(32)33)17(11)36-23(12)35/h3-5,10,12,16,35H,2,6-9H2,1H3,(H2,24,25)(H,26,34)(H,32,33)/t12-,16-/m1/s1. The number of imide groups is 1. The van der Waals surface area contributed by atoms with Crippen LogP contribution in [0.15, 0.2) is 23.6 Å². The van der Waals surface area contributed by atoms with E-state index in [-0.39, 0.29) is 48.1 Å². The second-order valence-electron chi connectivity index (χ2n) is 8.58. The average molecular weight is 529 g/mol. The number of nitrogens with one attached hydrogen (secondary N) is 1. The van der Waals surface area contributed by atoms with Crippen molar-refractivity contribution in [2.45, 2.75) is 31.6 Å². The predicted molar refractivity (Wildman–Crippen MR) is 131 cm³/mol. The summed E-state index contributed by atoms with van der Waals surface area (Å²) in [6.07, 6.45) is -0.119. The number of rotatable bonds is 7. The van der Waals surface area contributed by atoms with Crippen LogP contribution in [0.5, 0.6) is 5.75 Å². The van der Waals surface area contributed by atoms with Gasteiger partial charge in [-0.3, -0.25) is 19.3 Å². The highest BCUT2D eigenvalue weighted by molar-refractivity contribution is 7.13. The van der Waals surface area contributed by atoms with Gasteiger partial charge in [0.25, 0.3) is 0 Å². The molecule has 0 unspecified atom stereocenters. The zero-order valence-corrected chi connectivity index (χ0v) is 20.6. The summed E-state index contributed by atoms with van der Waals surface area (Å²) < 4.78 is 5.46. The van der Waals surface area contributed by atoms with Gasteiger partial charge in [0.2, 0.25) is 0 Å². The van der Waals surface area contributed by atoms with Crippen molar-refractivity contribution < 1.29 is 38.8 Å². The van der Waals surface area contributed by atoms with E-state index >= 15 is 0 Å². The van der Waals surface area contributed by atoms with Gasteiger partial charge in [-0.1, -0.05) is 12.1 Å². The lowest BCUT2D eigenvalue weighted by atomic mass is 9.64. The number of likely N-dealkylation sites (N-methyl/N-ethyl adjacent to an activating group) is 1. The van der Waals surface area contributed by atoms with Crippen molar-refractivity contribution >= 4 is 53.2 Å². The van der Waals surface area contributed by atoms with E-state index in [2.05, 4.69) is 10.3 Å². The van der Waals surface area contributed by atoms with Crippen molar-refractivity contribution in [2.75, 3.05) is 25.4 Å². The number of carboxylic acids is 1. The third kappa shape index (κ3) is 5.27. The molecule has 2 atom stereocenters. The predicted octanol–water partition coefficient (Wildman–Crippen LogP) is 0.310. The number of fused-ring (bicyclic) bond motifs is 1. The number of anilines is 1. The van der Waals surface area contributed by atoms with Crippen molar-refractivity contribution in [3.63, 3.8) is 0 Å². The topological polar surface area (TPSA) is 192 Å². The van der Waals surface area contributed by atoms with Gasteiger partial charge in [0.05, 0.1) is 11.3 Å². The second-order valence-corrected chi connectivity index (χ2v) is 9.47. The van der Waals surface area contributed by atoms with E-state index in [1.165, 1.54) is 16.3 Å². The normalized spacial score (nSPS) is 18.2. The number of aromatic carboxylic acids is 1. The molecule has 2 aliphatic rings. The van der Waals surface area contributed by atoms with E-state index in [9.17, 15) is 34.1 Å². The van der Waals surface area contributed by atoms with Gasteiger partial charge >= 0.3 is 30.9 Å². The summed E-state index contributed by atoms with van der Waals surface area (Å²) in [5.74, 6) is -4.29. The molecule has 0 aliphatic carbocycles. The van der Waals surface area contributed by atoms with Gasteiger partial charge < -0.3 is 30.7 Å². The SMILES string of the molecule is CCN1CCN(C(=O)N[C@@H](C(=O)C[C@H]2Cc3cccc(C(=O)O)c3OB2O)c2csc(N)n2)C(=O)C1=O. The lowest BCUT2D eigenvalue weighted by molar-refractivity contribution is -0.153. The van der Waals surface area contributed by atoms with Gasteiger partial charge in [-0.2, -0.15) is 0 Å². The van der Waals surface area contributed by atoms with Gasteiger partial charge in [-0.15, -0.1) is 11.3 Å². The molecule has 13 nitrogen and oxygen atoms in total. The molecule has 1 fully saturated rings. The van der Waals surface area contributed by atoms with Crippen LogP contribution in [0.2, 0.25) is 5.82 Å². The average Bonchev–Trinajstić information content (AvgIpc) is 3.29. The highest BCUT2D eigenvalue weighted by atomic mass is 32.1. The third-order valence-electron chi connectivity index (χ3n) is 6.28. The van der Waals surface area contributed by atoms with Crippen molar-refractivity contribution in [2.24, 2.45) is 0 Å². The molecule has 37 heavy (non-hydrogen) atoms. The summed E-state index contributed by atoms with van der Waals surface area (Å²) in [6.45, 7) is 2.16. The molecular weight excluding hydrogens is 505 g/mol. The molecule has 1 aromatic heterocycles. The first kappa shape index (κ1) is 26.1. The van der Waals surface area contributed by atoms with Crippen LogP contribution >= 0.6 is 11.3 Å². The number of hydrogen-bond donors (Lipinski definition) is 4. The Morgan fingerprint density at radius 3 is 2.70 bits per heavy atom. The molecule has 0 bridgehead atoms. The van der Waals surface area contributed by atoms with Crippen molar-refractivity contribution in [3.8, 4) is 5.75 Å². The summed E-state index contributed by atoms with van der Waals surface area (Å²) in [5, 5.41) is 24.0. The summed E-state index contributed by atoms with van der Waals surface area (Å²) >= 11 is 1.05. The Morgan fingerprint density at radius 1 is 1.30 bits per heavy atom. The van der Waals surface area contributed by atoms with Crippen LogP contribution in [0, 0.1) is 0 Å². The van der Waals surface area contributed by atoms with Gasteiger partial charge in [0.15, 0.2) is 10.9 Å². The molecule has 0 spiro atoms. The molecule has 2 aliphatic heterocycles. The summed E-state index contributed by atoms with van der Waals surface area (Å²) in [4.78, 5) is 68.6. The van der Waals surface area contributed by atoms with Crippen LogP contribution in [0.3, 0.4) is 0 Å². The molecule has 0 saturated carbocycles. The fourth-order valence-corrected chi connectivity index (χ4v) is 4.92. The monoisotopic (exact) mass is 529 g/mol. The minimum Gasteiger partial charge on any atom is -0.535 e. The van der Waals surface area contributed by atoms with Crippen molar-refractivity contribution in [1.29, 1.82) is 0 Å². The molecule has 194 valence electrons. The Bertz CT molecular complexity index is 1270. The number of carboxylic acid groups (broad SMARTS) is 1. The number of benzene rings is 1. The quantitative estimate of drug-likeness (QED) is 0.287. The molecule has 2 aromatic rings. The van der Waals surface area contributed by atoms with Gasteiger partial charge in [-0.05, 0) is 25.0 Å². The van der Waals surface area contributed by atoms with Crippen LogP contribution in [0.4, 0.5) is 9.93 Å². The zero-order valence-electron chi connectivity index (χ0n) is 19.7. The number of nitrogens with two attached hydrogens (primary N) is 1. The van der Waals surface area contributed by atoms with Crippen LogP contribution < -0.4 is 15.7 Å². The van der Waals surface area contributed by atoms with E-state index in [1.54, 1.807) is 19.1 Å². The van der Waals surface area contributed by atoms with Gasteiger partial charge in [0.1, 0.15) is 11.8 Å². The molecule has 5 N–H and O–H groups in total.